The summed E-state index contributed by atoms with van der Waals surface area (Å²) in [6.45, 7) is 1.65. The van der Waals surface area contributed by atoms with E-state index < -0.39 is 6.10 Å². The van der Waals surface area contributed by atoms with Crippen LogP contribution in [0.4, 0.5) is 0 Å². The molecular weight excluding hydrogens is 242 g/mol. The van der Waals surface area contributed by atoms with Crippen molar-refractivity contribution in [1.82, 2.24) is 0 Å². The zero-order valence-electron chi connectivity index (χ0n) is 9.49. The summed E-state index contributed by atoms with van der Waals surface area (Å²) in [7, 11) is 1.49. The lowest BCUT2D eigenvalue weighted by Gasteiger charge is -2.09. The summed E-state index contributed by atoms with van der Waals surface area (Å²) in [4.78, 5) is 11.9. The third-order valence-electron chi connectivity index (χ3n) is 2.61. The number of hydrogen-bond acceptors (Lipinski definition) is 4. The van der Waals surface area contributed by atoms with Crippen LogP contribution in [0, 0.1) is 0 Å². The predicted octanol–water partition coefficient (Wildman–Crippen LogP) is 1.96. The van der Waals surface area contributed by atoms with Gasteiger partial charge in [-0.3, -0.25) is 4.79 Å². The van der Waals surface area contributed by atoms with Crippen LogP contribution in [0.3, 0.4) is 0 Å². The molecule has 1 atom stereocenters. The van der Waals surface area contributed by atoms with Gasteiger partial charge < -0.3 is 15.2 Å². The monoisotopic (exact) mass is 253 g/mol. The number of ether oxygens (including phenoxy) is 2. The number of para-hydroxylation sites is 1. The van der Waals surface area contributed by atoms with Crippen molar-refractivity contribution in [2.75, 3.05) is 7.11 Å². The van der Waals surface area contributed by atoms with Gasteiger partial charge in [0, 0.05) is 5.56 Å². The van der Waals surface area contributed by atoms with Crippen LogP contribution in [-0.2, 0) is 9.53 Å². The number of ketones is 1. The van der Waals surface area contributed by atoms with Gasteiger partial charge in [0.2, 0.25) is 5.78 Å². The van der Waals surface area contributed by atoms with Crippen LogP contribution in [-0.4, -0.2) is 19.0 Å². The molecule has 0 fully saturated rings. The molecule has 0 saturated heterocycles. The molecule has 17 heavy (non-hydrogen) atoms. The van der Waals surface area contributed by atoms with Crippen molar-refractivity contribution in [3.8, 4) is 5.75 Å². The van der Waals surface area contributed by atoms with E-state index in [2.05, 4.69) is 0 Å². The van der Waals surface area contributed by atoms with Gasteiger partial charge in [0.05, 0.1) is 17.7 Å². The van der Waals surface area contributed by atoms with Crippen LogP contribution in [0.2, 0.25) is 5.02 Å². The highest BCUT2D eigenvalue weighted by Gasteiger charge is 2.33. The van der Waals surface area contributed by atoms with E-state index in [0.29, 0.717) is 21.9 Å². The summed E-state index contributed by atoms with van der Waals surface area (Å²) in [6, 6.07) is 5.15. The molecule has 0 spiro atoms. The van der Waals surface area contributed by atoms with E-state index in [4.69, 9.17) is 26.8 Å². The Morgan fingerprint density at radius 3 is 2.71 bits per heavy atom. The first-order valence-electron chi connectivity index (χ1n) is 5.09. The Kier molecular flexibility index (Phi) is 2.98. The van der Waals surface area contributed by atoms with E-state index >= 15 is 0 Å². The molecule has 0 aromatic heterocycles. The molecule has 0 aliphatic carbocycles. The van der Waals surface area contributed by atoms with Crippen LogP contribution in [0.5, 0.6) is 5.75 Å². The first-order valence-corrected chi connectivity index (χ1v) is 5.47. The van der Waals surface area contributed by atoms with Crippen LogP contribution in [0.25, 0.3) is 5.57 Å². The SMILES string of the molecule is COc1c(Cl)cccc1C1=C(N)OC(C)C1=O. The van der Waals surface area contributed by atoms with Crippen molar-refractivity contribution in [3.63, 3.8) is 0 Å². The van der Waals surface area contributed by atoms with Crippen molar-refractivity contribution in [2.45, 2.75) is 13.0 Å². The average molecular weight is 254 g/mol. The number of carbonyl (C=O) groups is 1. The maximum absolute atomic E-state index is 11.9. The van der Waals surface area contributed by atoms with Gasteiger partial charge >= 0.3 is 0 Å². The highest BCUT2D eigenvalue weighted by molar-refractivity contribution is 6.33. The van der Waals surface area contributed by atoms with Gasteiger partial charge in [-0.05, 0) is 13.0 Å². The number of benzene rings is 1. The van der Waals surface area contributed by atoms with Gasteiger partial charge in [-0.25, -0.2) is 0 Å². The second-order valence-corrected chi connectivity index (χ2v) is 4.09. The zero-order valence-corrected chi connectivity index (χ0v) is 10.2. The van der Waals surface area contributed by atoms with Crippen molar-refractivity contribution in [1.29, 1.82) is 0 Å². The molecule has 1 heterocycles. The quantitative estimate of drug-likeness (QED) is 0.875. The van der Waals surface area contributed by atoms with E-state index in [1.54, 1.807) is 25.1 Å². The summed E-state index contributed by atoms with van der Waals surface area (Å²) in [5.41, 5.74) is 6.60. The van der Waals surface area contributed by atoms with E-state index in [1.807, 2.05) is 0 Å². The Balaban J connectivity index is 2.59. The second-order valence-electron chi connectivity index (χ2n) is 3.68. The van der Waals surface area contributed by atoms with E-state index in [1.165, 1.54) is 7.11 Å². The summed E-state index contributed by atoms with van der Waals surface area (Å²) in [5, 5.41) is 0.428. The largest absolute Gasteiger partial charge is 0.495 e. The van der Waals surface area contributed by atoms with Crippen molar-refractivity contribution in [3.05, 3.63) is 34.7 Å². The van der Waals surface area contributed by atoms with Crippen LogP contribution in [0.15, 0.2) is 24.1 Å². The number of Topliss-reactive ketones (excluding diaryl/α,β-unsaturated/α-hetero) is 1. The molecule has 2 rings (SSSR count). The van der Waals surface area contributed by atoms with E-state index in [-0.39, 0.29) is 11.7 Å². The maximum atomic E-state index is 11.9. The molecule has 1 aliphatic heterocycles. The first kappa shape index (κ1) is 11.8. The highest BCUT2D eigenvalue weighted by Crippen LogP contribution is 2.37. The lowest BCUT2D eigenvalue weighted by Crippen LogP contribution is -2.13. The average Bonchev–Trinajstić information content (AvgIpc) is 2.53. The highest BCUT2D eigenvalue weighted by atomic mass is 35.5. The smallest absolute Gasteiger partial charge is 0.209 e. The number of nitrogens with two attached hydrogens (primary N) is 1. The molecule has 90 valence electrons. The molecule has 0 saturated carbocycles. The van der Waals surface area contributed by atoms with Crippen LogP contribution in [0.1, 0.15) is 12.5 Å². The lowest BCUT2D eigenvalue weighted by atomic mass is 10.0. The minimum Gasteiger partial charge on any atom is -0.495 e. The summed E-state index contributed by atoms with van der Waals surface area (Å²) in [5.74, 6) is 0.379. The maximum Gasteiger partial charge on any atom is 0.209 e. The molecule has 1 aromatic rings. The summed E-state index contributed by atoms with van der Waals surface area (Å²) < 4.78 is 10.4. The van der Waals surface area contributed by atoms with E-state index in [0.717, 1.165) is 0 Å². The number of hydrogen-bond donors (Lipinski definition) is 1. The van der Waals surface area contributed by atoms with Gasteiger partial charge in [0.15, 0.2) is 12.0 Å². The van der Waals surface area contributed by atoms with Crippen LogP contribution < -0.4 is 10.5 Å². The predicted molar refractivity (Wildman–Crippen MR) is 64.7 cm³/mol. The number of carbonyl (C=O) groups excluding carboxylic acids is 1. The molecule has 2 N–H and O–H groups in total. The summed E-state index contributed by atoms with van der Waals surface area (Å²) >= 11 is 6.00. The normalized spacial score (nSPS) is 19.5. The topological polar surface area (TPSA) is 61.6 Å². The number of methoxy groups -OCH3 is 1. The van der Waals surface area contributed by atoms with Gasteiger partial charge in [-0.15, -0.1) is 0 Å². The fourth-order valence-electron chi connectivity index (χ4n) is 1.81. The molecule has 0 bridgehead atoms. The standard InChI is InChI=1S/C12H12ClNO3/c1-6-10(15)9(12(14)17-6)7-4-3-5-8(13)11(7)16-2/h3-6H,14H2,1-2H3. The molecule has 1 aliphatic rings. The molecular formula is C12H12ClNO3. The number of rotatable bonds is 2. The van der Waals surface area contributed by atoms with Crippen molar-refractivity contribution >= 4 is 23.0 Å². The third-order valence-corrected chi connectivity index (χ3v) is 2.90. The Bertz CT molecular complexity index is 510. The van der Waals surface area contributed by atoms with Crippen molar-refractivity contribution < 1.29 is 14.3 Å². The molecule has 4 nitrogen and oxygen atoms in total. The van der Waals surface area contributed by atoms with Gasteiger partial charge in [-0.2, -0.15) is 0 Å². The molecule has 1 aromatic carbocycles. The third kappa shape index (κ3) is 1.85. The first-order chi connectivity index (χ1) is 8.06. The van der Waals surface area contributed by atoms with Gasteiger partial charge in [-0.1, -0.05) is 23.7 Å². The minimum atomic E-state index is -0.561. The molecule has 5 heteroatoms. The Morgan fingerprint density at radius 2 is 2.18 bits per heavy atom. The van der Waals surface area contributed by atoms with Gasteiger partial charge in [0.1, 0.15) is 5.75 Å². The van der Waals surface area contributed by atoms with Gasteiger partial charge in [0.25, 0.3) is 0 Å². The lowest BCUT2D eigenvalue weighted by molar-refractivity contribution is -0.119. The Labute approximate surface area is 104 Å². The minimum absolute atomic E-state index is 0.114. The molecule has 0 radical (unpaired) electrons. The van der Waals surface area contributed by atoms with E-state index in [9.17, 15) is 4.79 Å². The molecule has 1 unspecified atom stereocenters. The second kappa shape index (κ2) is 4.30. The molecule has 0 amide bonds. The Hall–Kier alpha value is -1.68. The fraction of sp³-hybridized carbons (Fsp3) is 0.250. The number of halogens is 1. The van der Waals surface area contributed by atoms with Crippen LogP contribution >= 0.6 is 11.6 Å². The fourth-order valence-corrected chi connectivity index (χ4v) is 2.06. The summed E-state index contributed by atoms with van der Waals surface area (Å²) in [6.07, 6.45) is -0.561. The van der Waals surface area contributed by atoms with Crippen molar-refractivity contribution in [2.24, 2.45) is 5.73 Å². The zero-order chi connectivity index (χ0) is 12.6. The Morgan fingerprint density at radius 1 is 1.47 bits per heavy atom.